The molecule has 0 amide bonds. The van der Waals surface area contributed by atoms with Gasteiger partial charge in [-0.15, -0.1) is 12.8 Å². The fourth-order valence-electron chi connectivity index (χ4n) is 3.05. The van der Waals surface area contributed by atoms with Gasteiger partial charge in [-0.2, -0.15) is 35.1 Å². The molecule has 1 atom stereocenters. The number of alkyl halides is 8. The molecule has 3 heterocycles. The first-order valence-corrected chi connectivity index (χ1v) is 15.0. The van der Waals surface area contributed by atoms with Crippen molar-refractivity contribution in [2.75, 3.05) is 26.4 Å². The molecule has 0 radical (unpaired) electrons. The summed E-state index contributed by atoms with van der Waals surface area (Å²) in [5, 5.41) is 0. The molecule has 0 aliphatic carbocycles. The lowest BCUT2D eigenvalue weighted by Gasteiger charge is -2.27. The highest BCUT2D eigenvalue weighted by Crippen LogP contribution is 2.73. The first-order chi connectivity index (χ1) is 16.7. The van der Waals surface area contributed by atoms with Gasteiger partial charge >= 0.3 is 39.0 Å². The van der Waals surface area contributed by atoms with Crippen LogP contribution >= 0.6 is 15.3 Å². The molecular formula is C18H21F8N3O5P2S. The van der Waals surface area contributed by atoms with Crippen LogP contribution in [0.1, 0.15) is 26.3 Å². The molecule has 2 fully saturated rings. The van der Waals surface area contributed by atoms with E-state index in [2.05, 4.69) is 12.8 Å². The Morgan fingerprint density at radius 1 is 0.730 bits per heavy atom. The van der Waals surface area contributed by atoms with E-state index in [0.717, 1.165) is 5.56 Å². The van der Waals surface area contributed by atoms with Crippen LogP contribution in [-0.2, 0) is 33.4 Å². The van der Waals surface area contributed by atoms with Gasteiger partial charge in [-0.1, -0.05) is 32.9 Å². The maximum Gasteiger partial charge on any atom is 0.355 e. The van der Waals surface area contributed by atoms with Gasteiger partial charge in [0.05, 0.1) is 4.90 Å². The molecule has 3 aliphatic rings. The van der Waals surface area contributed by atoms with E-state index in [1.807, 2.05) is 20.8 Å². The maximum atomic E-state index is 14.0. The number of rotatable bonds is 1. The molecule has 2 spiro atoms. The van der Waals surface area contributed by atoms with Gasteiger partial charge in [0.2, 0.25) is 0 Å². The first-order valence-electron chi connectivity index (χ1n) is 10.4. The number of benzene rings is 1. The van der Waals surface area contributed by atoms with Gasteiger partial charge in [0.15, 0.2) is 9.92 Å². The van der Waals surface area contributed by atoms with Gasteiger partial charge in [0, 0.05) is 0 Å². The zero-order valence-electron chi connectivity index (χ0n) is 19.3. The maximum absolute atomic E-state index is 14.0. The predicted molar refractivity (Wildman–Crippen MR) is 116 cm³/mol. The van der Waals surface area contributed by atoms with E-state index in [0.29, 0.717) is 0 Å². The van der Waals surface area contributed by atoms with E-state index >= 15 is 0 Å². The molecule has 210 valence electrons. The van der Waals surface area contributed by atoms with E-state index in [1.165, 1.54) is 24.3 Å². The highest BCUT2D eigenvalue weighted by atomic mass is 32.2. The lowest BCUT2D eigenvalue weighted by molar-refractivity contribution is -0.222. The Labute approximate surface area is 206 Å². The van der Waals surface area contributed by atoms with Gasteiger partial charge < -0.3 is 0 Å². The molecule has 0 aromatic heterocycles. The summed E-state index contributed by atoms with van der Waals surface area (Å²) >= 11 is 0. The summed E-state index contributed by atoms with van der Waals surface area (Å²) in [4.78, 5) is -0.265. The highest BCUT2D eigenvalue weighted by Gasteiger charge is 2.63. The van der Waals surface area contributed by atoms with Crippen LogP contribution in [0.5, 0.6) is 0 Å². The molecule has 37 heavy (non-hydrogen) atoms. The van der Waals surface area contributed by atoms with Crippen molar-refractivity contribution in [1.82, 2.24) is 0 Å². The fourth-order valence-corrected chi connectivity index (χ4v) is 12.0. The smallest absolute Gasteiger partial charge is 0.299 e. The minimum atomic E-state index is -4.83. The van der Waals surface area contributed by atoms with E-state index in [4.69, 9.17) is 18.1 Å². The van der Waals surface area contributed by atoms with Crippen molar-refractivity contribution in [3.8, 4) is 0 Å². The van der Waals surface area contributed by atoms with Crippen molar-refractivity contribution < 1.29 is 57.4 Å². The second-order valence-corrected chi connectivity index (χ2v) is 15.9. The molecule has 0 saturated carbocycles. The van der Waals surface area contributed by atoms with Crippen LogP contribution in [0.4, 0.5) is 35.1 Å². The minimum absolute atomic E-state index is 0.265. The summed E-state index contributed by atoms with van der Waals surface area (Å²) in [6.45, 7) is -2.51. The Bertz CT molecular complexity index is 1240. The molecule has 19 heteroatoms. The Kier molecular flexibility index (Phi) is 6.80. The molecule has 3 aliphatic heterocycles. The third-order valence-electron chi connectivity index (χ3n) is 5.41. The molecular weight excluding hydrogens is 584 g/mol. The lowest BCUT2D eigenvalue weighted by atomic mass is 9.87. The van der Waals surface area contributed by atoms with Crippen LogP contribution in [0.2, 0.25) is 0 Å². The van der Waals surface area contributed by atoms with Crippen LogP contribution in [0.25, 0.3) is 0 Å². The van der Waals surface area contributed by atoms with E-state index in [1.54, 1.807) is 0 Å². The quantitative estimate of drug-likeness (QED) is 0.248. The number of nitrogens with zero attached hydrogens (tertiary/aromatic N) is 3. The molecule has 0 N–H and O–H groups in total. The molecule has 1 unspecified atom stereocenters. The third-order valence-corrected chi connectivity index (χ3v) is 13.4. The summed E-state index contributed by atoms with van der Waals surface area (Å²) in [5.74, 6) is -19.2. The molecule has 4 rings (SSSR count). The standard InChI is InChI=1S/C18H21F8N3O5P2S/c1-14(2,3)12-4-6-13(7-5-12)37(30)28-35(31-8-15(19,20)16(21,22)9-32-35)27-36(29-37)33-10-17(23,24)18(25,26)11-34-36/h4-7H,8-11H2,1-3H3. The lowest BCUT2D eigenvalue weighted by Crippen LogP contribution is -2.45. The second kappa shape index (κ2) is 8.70. The first kappa shape index (κ1) is 28.9. The van der Waals surface area contributed by atoms with Gasteiger partial charge in [0.1, 0.15) is 26.4 Å². The number of halogens is 8. The molecule has 0 bridgehead atoms. The number of hydrogen-bond acceptors (Lipinski definition) is 7. The van der Waals surface area contributed by atoms with Crippen LogP contribution in [0.3, 0.4) is 0 Å². The Hall–Kier alpha value is -1.09. The monoisotopic (exact) mass is 605 g/mol. The third kappa shape index (κ3) is 5.24. The average Bonchev–Trinajstić information content (AvgIpc) is 2.91. The Morgan fingerprint density at radius 3 is 1.49 bits per heavy atom. The zero-order chi connectivity index (χ0) is 27.8. The fraction of sp³-hybridized carbons (Fsp3) is 0.667. The van der Waals surface area contributed by atoms with Crippen LogP contribution < -0.4 is 0 Å². The normalized spacial score (nSPS) is 31.3. The highest BCUT2D eigenvalue weighted by molar-refractivity contribution is 7.99. The minimum Gasteiger partial charge on any atom is -0.299 e. The van der Waals surface area contributed by atoms with E-state index < -0.39 is 75.4 Å². The van der Waals surface area contributed by atoms with Crippen LogP contribution in [0.15, 0.2) is 42.0 Å². The van der Waals surface area contributed by atoms with Gasteiger partial charge in [0.25, 0.3) is 0 Å². The average molecular weight is 605 g/mol. The van der Waals surface area contributed by atoms with Crippen LogP contribution in [0, 0.1) is 0 Å². The Morgan fingerprint density at radius 2 is 1.11 bits per heavy atom. The summed E-state index contributed by atoms with van der Waals surface area (Å²) in [7, 11) is -14.0. The van der Waals surface area contributed by atoms with Crippen molar-refractivity contribution in [3.63, 3.8) is 0 Å². The summed E-state index contributed by atoms with van der Waals surface area (Å²) < 4.78 is 156. The molecule has 2 saturated heterocycles. The zero-order valence-corrected chi connectivity index (χ0v) is 22.0. The topological polar surface area (TPSA) is 91.1 Å². The van der Waals surface area contributed by atoms with Crippen molar-refractivity contribution in [2.24, 2.45) is 12.8 Å². The summed E-state index contributed by atoms with van der Waals surface area (Å²) in [6, 6.07) is 5.50. The number of hydrogen-bond donors (Lipinski definition) is 0. The van der Waals surface area contributed by atoms with Gasteiger partial charge in [-0.3, -0.25) is 18.1 Å². The van der Waals surface area contributed by atoms with Gasteiger partial charge in [-0.05, 0) is 23.1 Å². The predicted octanol–water partition coefficient (Wildman–Crippen LogP) is 7.27. The molecule has 8 nitrogen and oxygen atoms in total. The summed E-state index contributed by atoms with van der Waals surface area (Å²) in [6.07, 6.45) is 0. The van der Waals surface area contributed by atoms with Crippen molar-refractivity contribution in [2.45, 2.75) is 54.8 Å². The SMILES string of the molecule is CC(C)(C)c1ccc(S2(=O)=NP3(=NP4(=N2)OCC(F)(F)C(F)(F)CO4)OCC(F)(F)C(F)(F)CO3)cc1. The second-order valence-electron chi connectivity index (χ2n) is 9.42. The Balaban J connectivity index is 1.93. The van der Waals surface area contributed by atoms with Crippen molar-refractivity contribution in [3.05, 3.63) is 29.8 Å². The molecule has 1 aromatic carbocycles. The largest absolute Gasteiger partial charge is 0.355 e. The van der Waals surface area contributed by atoms with Gasteiger partial charge in [-0.25, -0.2) is 4.21 Å². The van der Waals surface area contributed by atoms with Crippen molar-refractivity contribution in [1.29, 1.82) is 0 Å². The van der Waals surface area contributed by atoms with Crippen LogP contribution in [-0.4, -0.2) is 54.3 Å². The van der Waals surface area contributed by atoms with E-state index in [9.17, 15) is 39.3 Å². The van der Waals surface area contributed by atoms with E-state index in [-0.39, 0.29) is 10.3 Å². The molecule has 1 aromatic rings. The van der Waals surface area contributed by atoms with Crippen molar-refractivity contribution >= 4 is 25.2 Å². The summed E-state index contributed by atoms with van der Waals surface area (Å²) in [5.41, 5.74) is 0.356.